The van der Waals surface area contributed by atoms with Crippen LogP contribution in [-0.4, -0.2) is 28.3 Å². The molecule has 0 saturated carbocycles. The molecule has 0 aliphatic carbocycles. The van der Waals surface area contributed by atoms with E-state index in [1.54, 1.807) is 0 Å². The van der Waals surface area contributed by atoms with Crippen molar-refractivity contribution in [1.29, 1.82) is 0 Å². The number of carbonyl (C=O) groups is 2. The van der Waals surface area contributed by atoms with Crippen molar-refractivity contribution in [3.8, 4) is 0 Å². The third kappa shape index (κ3) is 1.34. The van der Waals surface area contributed by atoms with Gasteiger partial charge in [-0.15, -0.1) is 0 Å². The summed E-state index contributed by atoms with van der Waals surface area (Å²) < 4.78 is 35.5. The first-order valence-corrected chi connectivity index (χ1v) is 2.67. The van der Waals surface area contributed by atoms with E-state index in [9.17, 15) is 22.8 Å². The molecule has 7 heteroatoms. The van der Waals surface area contributed by atoms with E-state index >= 15 is 0 Å². The molecule has 0 aromatic carbocycles. The smallest absolute Gasteiger partial charge is 0.415 e. The fourth-order valence-electron chi connectivity index (χ4n) is 0.334. The molecule has 12 heavy (non-hydrogen) atoms. The molecule has 0 aromatic rings. The van der Waals surface area contributed by atoms with E-state index in [1.165, 1.54) is 0 Å². The van der Waals surface area contributed by atoms with Crippen LogP contribution in [0, 0.1) is 5.41 Å². The number of carboxylic acid groups (broad SMARTS) is 2. The topological polar surface area (TPSA) is 74.6 Å². The first-order chi connectivity index (χ1) is 5.14. The van der Waals surface area contributed by atoms with Gasteiger partial charge in [-0.05, 0) is 6.92 Å². The second-order valence-electron chi connectivity index (χ2n) is 2.23. The summed E-state index contributed by atoms with van der Waals surface area (Å²) in [6.45, 7) is 0.0949. The first-order valence-electron chi connectivity index (χ1n) is 2.67. The zero-order valence-corrected chi connectivity index (χ0v) is 5.84. The van der Waals surface area contributed by atoms with Gasteiger partial charge in [-0.25, -0.2) is 0 Å². The van der Waals surface area contributed by atoms with E-state index in [0.29, 0.717) is 0 Å². The van der Waals surface area contributed by atoms with Crippen molar-refractivity contribution in [2.24, 2.45) is 5.41 Å². The molecule has 70 valence electrons. The van der Waals surface area contributed by atoms with E-state index < -0.39 is 23.5 Å². The maximum absolute atomic E-state index is 11.8. The van der Waals surface area contributed by atoms with Crippen LogP contribution < -0.4 is 0 Å². The number of alkyl halides is 3. The summed E-state index contributed by atoms with van der Waals surface area (Å²) in [6.07, 6.45) is -5.30. The summed E-state index contributed by atoms with van der Waals surface area (Å²) in [5.74, 6) is -4.86. The fourth-order valence-corrected chi connectivity index (χ4v) is 0.334. The molecule has 0 saturated heterocycles. The van der Waals surface area contributed by atoms with Gasteiger partial charge in [0.05, 0.1) is 0 Å². The van der Waals surface area contributed by atoms with Gasteiger partial charge in [-0.3, -0.25) is 9.59 Å². The van der Waals surface area contributed by atoms with E-state index in [4.69, 9.17) is 10.2 Å². The summed E-state index contributed by atoms with van der Waals surface area (Å²) in [7, 11) is 0. The van der Waals surface area contributed by atoms with Gasteiger partial charge in [-0.1, -0.05) is 0 Å². The zero-order valence-electron chi connectivity index (χ0n) is 5.84. The third-order valence-corrected chi connectivity index (χ3v) is 1.42. The summed E-state index contributed by atoms with van der Waals surface area (Å²) >= 11 is 0. The number of rotatable bonds is 2. The highest BCUT2D eigenvalue weighted by molar-refractivity contribution is 5.98. The molecule has 0 atom stereocenters. The molecule has 0 aliphatic heterocycles. The fraction of sp³-hybridized carbons (Fsp3) is 0.600. The summed E-state index contributed by atoms with van der Waals surface area (Å²) in [5.41, 5.74) is -3.73. The van der Waals surface area contributed by atoms with Crippen LogP contribution in [0.25, 0.3) is 0 Å². The quantitative estimate of drug-likeness (QED) is 0.623. The maximum atomic E-state index is 11.8. The lowest BCUT2D eigenvalue weighted by Crippen LogP contribution is -2.48. The predicted octanol–water partition coefficient (Wildman–Crippen LogP) is 0.724. The minimum Gasteiger partial charge on any atom is -0.480 e. The first kappa shape index (κ1) is 10.7. The van der Waals surface area contributed by atoms with Crippen LogP contribution in [0.5, 0.6) is 0 Å². The van der Waals surface area contributed by atoms with Crippen molar-refractivity contribution in [2.45, 2.75) is 13.1 Å². The van der Waals surface area contributed by atoms with Crippen molar-refractivity contribution in [2.75, 3.05) is 0 Å². The molecule has 0 aromatic heterocycles. The lowest BCUT2D eigenvalue weighted by atomic mass is 9.90. The second kappa shape index (κ2) is 2.65. The van der Waals surface area contributed by atoms with Crippen LogP contribution >= 0.6 is 0 Å². The van der Waals surface area contributed by atoms with Crippen LogP contribution in [0.3, 0.4) is 0 Å². The number of hydrogen-bond donors (Lipinski definition) is 2. The highest BCUT2D eigenvalue weighted by atomic mass is 19.4. The van der Waals surface area contributed by atoms with Gasteiger partial charge in [0.25, 0.3) is 5.41 Å². The Hall–Kier alpha value is -1.27. The Balaban J connectivity index is 5.17. The normalized spacial score (nSPS) is 12.7. The van der Waals surface area contributed by atoms with Crippen LogP contribution in [0.4, 0.5) is 13.2 Å². The maximum Gasteiger partial charge on any atom is 0.415 e. The van der Waals surface area contributed by atoms with Crippen LogP contribution in [0.15, 0.2) is 0 Å². The van der Waals surface area contributed by atoms with E-state index in [-0.39, 0.29) is 6.92 Å². The number of hydrogen-bond acceptors (Lipinski definition) is 2. The molecule has 2 N–H and O–H groups in total. The Morgan fingerprint density at radius 3 is 1.33 bits per heavy atom. The van der Waals surface area contributed by atoms with Crippen LogP contribution in [-0.2, 0) is 9.59 Å². The second-order valence-corrected chi connectivity index (χ2v) is 2.23. The van der Waals surface area contributed by atoms with E-state index in [0.717, 1.165) is 0 Å². The van der Waals surface area contributed by atoms with Crippen molar-refractivity contribution >= 4 is 11.9 Å². The molecule has 0 rings (SSSR count). The molecule has 0 spiro atoms. The van der Waals surface area contributed by atoms with E-state index in [2.05, 4.69) is 0 Å². The standard InChI is InChI=1S/C5H5F3O4/c1-4(2(9)10,3(11)12)5(6,7)8/h1H3,(H,9,10)(H,11,12). The summed E-state index contributed by atoms with van der Waals surface area (Å²) in [4.78, 5) is 20.0. The van der Waals surface area contributed by atoms with Crippen molar-refractivity contribution < 1.29 is 33.0 Å². The average molecular weight is 186 g/mol. The van der Waals surface area contributed by atoms with Gasteiger partial charge in [-0.2, -0.15) is 13.2 Å². The SMILES string of the molecule is CC(C(=O)O)(C(=O)O)C(F)(F)F. The number of halogens is 3. The molecular weight excluding hydrogens is 181 g/mol. The zero-order chi connectivity index (χ0) is 10.2. The summed E-state index contributed by atoms with van der Waals surface area (Å²) in [5, 5.41) is 16.1. The van der Waals surface area contributed by atoms with E-state index in [1.807, 2.05) is 0 Å². The summed E-state index contributed by atoms with van der Waals surface area (Å²) in [6, 6.07) is 0. The van der Waals surface area contributed by atoms with Gasteiger partial charge in [0, 0.05) is 0 Å². The van der Waals surface area contributed by atoms with Gasteiger partial charge in [0.2, 0.25) is 0 Å². The van der Waals surface area contributed by atoms with Crippen LogP contribution in [0.1, 0.15) is 6.92 Å². The minimum atomic E-state index is -5.30. The van der Waals surface area contributed by atoms with Gasteiger partial charge in [0.15, 0.2) is 0 Å². The van der Waals surface area contributed by atoms with Gasteiger partial charge in [0.1, 0.15) is 0 Å². The van der Waals surface area contributed by atoms with Crippen LogP contribution in [0.2, 0.25) is 0 Å². The average Bonchev–Trinajstić information content (AvgIpc) is 1.82. The molecule has 4 nitrogen and oxygen atoms in total. The molecule has 0 heterocycles. The molecular formula is C5H5F3O4. The number of carboxylic acids is 2. The molecule has 0 aliphatic rings. The molecule has 0 unspecified atom stereocenters. The number of aliphatic carboxylic acids is 2. The molecule has 0 amide bonds. The molecule has 0 bridgehead atoms. The Bertz CT molecular complexity index is 205. The largest absolute Gasteiger partial charge is 0.480 e. The Kier molecular flexibility index (Phi) is 2.37. The van der Waals surface area contributed by atoms with Gasteiger partial charge < -0.3 is 10.2 Å². The Labute approximate surface area is 64.6 Å². The molecule has 0 fully saturated rings. The van der Waals surface area contributed by atoms with Crippen molar-refractivity contribution in [1.82, 2.24) is 0 Å². The Morgan fingerprint density at radius 2 is 1.33 bits per heavy atom. The van der Waals surface area contributed by atoms with Gasteiger partial charge >= 0.3 is 18.1 Å². The van der Waals surface area contributed by atoms with Crippen molar-refractivity contribution in [3.63, 3.8) is 0 Å². The minimum absolute atomic E-state index is 0.0949. The highest BCUT2D eigenvalue weighted by Gasteiger charge is 2.63. The highest BCUT2D eigenvalue weighted by Crippen LogP contribution is 2.38. The monoisotopic (exact) mass is 186 g/mol. The lowest BCUT2D eigenvalue weighted by Gasteiger charge is -2.22. The molecule has 0 radical (unpaired) electrons. The third-order valence-electron chi connectivity index (χ3n) is 1.42. The Morgan fingerprint density at radius 1 is 1.08 bits per heavy atom. The lowest BCUT2D eigenvalue weighted by molar-refractivity contribution is -0.231. The predicted molar refractivity (Wildman–Crippen MR) is 29.4 cm³/mol. The van der Waals surface area contributed by atoms with Crippen molar-refractivity contribution in [3.05, 3.63) is 0 Å².